The van der Waals surface area contributed by atoms with Gasteiger partial charge in [-0.15, -0.1) is 0 Å². The van der Waals surface area contributed by atoms with Gasteiger partial charge in [-0.05, 0) is 48.2 Å². The Labute approximate surface area is 143 Å². The largest absolute Gasteiger partial charge is 0.468 e. The standard InChI is InChI=1S/C22H23NO/c1-3-10-19(11-4-1)22(20-12-5-2-6-13-20)15-7-8-16-23-18-21-14-9-17-24-21/h1-6,9-15,17,23H,7-8,16,18H2. The molecule has 0 aliphatic carbocycles. The maximum absolute atomic E-state index is 5.32. The summed E-state index contributed by atoms with van der Waals surface area (Å²) in [6, 6.07) is 25.1. The summed E-state index contributed by atoms with van der Waals surface area (Å²) in [5.74, 6) is 0.986. The van der Waals surface area contributed by atoms with Gasteiger partial charge in [0.05, 0.1) is 12.8 Å². The molecule has 122 valence electrons. The zero-order valence-corrected chi connectivity index (χ0v) is 13.8. The Morgan fingerprint density at radius 3 is 2.08 bits per heavy atom. The van der Waals surface area contributed by atoms with Crippen LogP contribution in [0, 0.1) is 0 Å². The lowest BCUT2D eigenvalue weighted by Crippen LogP contribution is -2.13. The molecule has 0 amide bonds. The lowest BCUT2D eigenvalue weighted by molar-refractivity contribution is 0.481. The van der Waals surface area contributed by atoms with E-state index in [0.29, 0.717) is 0 Å². The second-order valence-corrected chi connectivity index (χ2v) is 5.75. The highest BCUT2D eigenvalue weighted by atomic mass is 16.3. The number of hydrogen-bond donors (Lipinski definition) is 1. The van der Waals surface area contributed by atoms with Gasteiger partial charge in [0.2, 0.25) is 0 Å². The maximum atomic E-state index is 5.32. The molecule has 0 radical (unpaired) electrons. The van der Waals surface area contributed by atoms with Gasteiger partial charge in [-0.1, -0.05) is 66.7 Å². The Kier molecular flexibility index (Phi) is 6.04. The van der Waals surface area contributed by atoms with Crippen molar-refractivity contribution in [2.24, 2.45) is 0 Å². The number of allylic oxidation sites excluding steroid dienone is 1. The van der Waals surface area contributed by atoms with Crippen molar-refractivity contribution >= 4 is 5.57 Å². The van der Waals surface area contributed by atoms with Gasteiger partial charge in [-0.25, -0.2) is 0 Å². The Balaban J connectivity index is 1.58. The number of hydrogen-bond acceptors (Lipinski definition) is 2. The Morgan fingerprint density at radius 2 is 1.50 bits per heavy atom. The van der Waals surface area contributed by atoms with Crippen molar-refractivity contribution in [3.63, 3.8) is 0 Å². The van der Waals surface area contributed by atoms with E-state index in [0.717, 1.165) is 31.7 Å². The van der Waals surface area contributed by atoms with Crippen LogP contribution < -0.4 is 5.32 Å². The van der Waals surface area contributed by atoms with Crippen LogP contribution in [0.5, 0.6) is 0 Å². The van der Waals surface area contributed by atoms with Gasteiger partial charge < -0.3 is 9.73 Å². The van der Waals surface area contributed by atoms with Crippen molar-refractivity contribution in [2.45, 2.75) is 19.4 Å². The lowest BCUT2D eigenvalue weighted by atomic mass is 9.96. The maximum Gasteiger partial charge on any atom is 0.117 e. The van der Waals surface area contributed by atoms with E-state index in [-0.39, 0.29) is 0 Å². The molecule has 2 heteroatoms. The molecular formula is C22H23NO. The second-order valence-electron chi connectivity index (χ2n) is 5.75. The third kappa shape index (κ3) is 4.71. The summed E-state index contributed by atoms with van der Waals surface area (Å²) in [5.41, 5.74) is 3.85. The van der Waals surface area contributed by atoms with Gasteiger partial charge in [0.15, 0.2) is 0 Å². The van der Waals surface area contributed by atoms with Crippen LogP contribution in [0.15, 0.2) is 89.6 Å². The van der Waals surface area contributed by atoms with E-state index in [9.17, 15) is 0 Å². The Morgan fingerprint density at radius 1 is 0.833 bits per heavy atom. The van der Waals surface area contributed by atoms with E-state index in [1.54, 1.807) is 6.26 Å². The van der Waals surface area contributed by atoms with Crippen LogP contribution in [0.2, 0.25) is 0 Å². The summed E-state index contributed by atoms with van der Waals surface area (Å²) in [4.78, 5) is 0. The molecule has 0 aliphatic heterocycles. The molecule has 0 spiro atoms. The van der Waals surface area contributed by atoms with Gasteiger partial charge in [-0.2, -0.15) is 0 Å². The molecule has 0 aliphatic rings. The van der Waals surface area contributed by atoms with Crippen molar-refractivity contribution in [3.05, 3.63) is 102 Å². The van der Waals surface area contributed by atoms with E-state index in [4.69, 9.17) is 4.42 Å². The molecule has 1 N–H and O–H groups in total. The first-order valence-electron chi connectivity index (χ1n) is 8.47. The van der Waals surface area contributed by atoms with Gasteiger partial charge >= 0.3 is 0 Å². The fraction of sp³-hybridized carbons (Fsp3) is 0.182. The third-order valence-electron chi connectivity index (χ3n) is 3.96. The van der Waals surface area contributed by atoms with E-state index < -0.39 is 0 Å². The molecule has 2 nitrogen and oxygen atoms in total. The molecule has 1 aromatic heterocycles. The van der Waals surface area contributed by atoms with Gasteiger partial charge in [-0.3, -0.25) is 0 Å². The summed E-state index contributed by atoms with van der Waals surface area (Å²) in [6.07, 6.45) is 6.21. The summed E-state index contributed by atoms with van der Waals surface area (Å²) >= 11 is 0. The van der Waals surface area contributed by atoms with Gasteiger partial charge in [0.25, 0.3) is 0 Å². The quantitative estimate of drug-likeness (QED) is 0.572. The van der Waals surface area contributed by atoms with E-state index in [2.05, 4.69) is 72.1 Å². The minimum absolute atomic E-state index is 0.793. The SMILES string of the molecule is C(CCCNCc1ccco1)=C(c1ccccc1)c1ccccc1. The van der Waals surface area contributed by atoms with Crippen LogP contribution in [-0.4, -0.2) is 6.54 Å². The second kappa shape index (κ2) is 8.90. The summed E-state index contributed by atoms with van der Waals surface area (Å²) in [6.45, 7) is 1.77. The predicted molar refractivity (Wildman–Crippen MR) is 99.6 cm³/mol. The molecule has 1 heterocycles. The first-order chi connectivity index (χ1) is 11.9. The molecular weight excluding hydrogens is 294 g/mol. The zero-order valence-electron chi connectivity index (χ0n) is 13.8. The number of rotatable bonds is 8. The number of nitrogens with one attached hydrogen (secondary N) is 1. The highest BCUT2D eigenvalue weighted by molar-refractivity contribution is 5.79. The Hall–Kier alpha value is -2.58. The van der Waals surface area contributed by atoms with Crippen LogP contribution in [0.3, 0.4) is 0 Å². The Bertz CT molecular complexity index is 689. The molecule has 24 heavy (non-hydrogen) atoms. The smallest absolute Gasteiger partial charge is 0.117 e. The fourth-order valence-electron chi connectivity index (χ4n) is 2.74. The predicted octanol–water partition coefficient (Wildman–Crippen LogP) is 5.28. The average Bonchev–Trinajstić information content (AvgIpc) is 3.16. The molecule has 3 rings (SSSR count). The first-order valence-corrected chi connectivity index (χ1v) is 8.47. The van der Waals surface area contributed by atoms with Crippen molar-refractivity contribution in [3.8, 4) is 0 Å². The van der Waals surface area contributed by atoms with Gasteiger partial charge in [0, 0.05) is 0 Å². The number of benzene rings is 2. The average molecular weight is 317 g/mol. The van der Waals surface area contributed by atoms with Crippen LogP contribution in [0.25, 0.3) is 5.57 Å². The minimum atomic E-state index is 0.793. The molecule has 3 aromatic rings. The van der Waals surface area contributed by atoms with Crippen LogP contribution in [0.4, 0.5) is 0 Å². The molecule has 0 unspecified atom stereocenters. The zero-order chi connectivity index (χ0) is 16.5. The minimum Gasteiger partial charge on any atom is -0.468 e. The molecule has 0 bridgehead atoms. The van der Waals surface area contributed by atoms with Crippen molar-refractivity contribution in [1.29, 1.82) is 0 Å². The molecule has 0 fully saturated rings. The van der Waals surface area contributed by atoms with Crippen molar-refractivity contribution in [1.82, 2.24) is 5.32 Å². The third-order valence-corrected chi connectivity index (χ3v) is 3.96. The molecule has 0 atom stereocenters. The van der Waals surface area contributed by atoms with E-state index in [1.165, 1.54) is 16.7 Å². The number of unbranched alkanes of at least 4 members (excludes halogenated alkanes) is 1. The lowest BCUT2D eigenvalue weighted by Gasteiger charge is -2.09. The molecule has 0 saturated carbocycles. The van der Waals surface area contributed by atoms with Crippen LogP contribution in [-0.2, 0) is 6.54 Å². The normalized spacial score (nSPS) is 10.5. The monoisotopic (exact) mass is 317 g/mol. The van der Waals surface area contributed by atoms with Crippen molar-refractivity contribution in [2.75, 3.05) is 6.54 Å². The fourth-order valence-corrected chi connectivity index (χ4v) is 2.74. The number of furan rings is 1. The highest BCUT2D eigenvalue weighted by Gasteiger charge is 2.03. The molecule has 2 aromatic carbocycles. The van der Waals surface area contributed by atoms with Crippen molar-refractivity contribution < 1.29 is 4.42 Å². The summed E-state index contributed by atoms with van der Waals surface area (Å²) in [5, 5.41) is 3.42. The van der Waals surface area contributed by atoms with E-state index >= 15 is 0 Å². The van der Waals surface area contributed by atoms with Crippen LogP contribution in [0.1, 0.15) is 29.7 Å². The van der Waals surface area contributed by atoms with E-state index in [1.807, 2.05) is 12.1 Å². The first kappa shape index (κ1) is 16.3. The topological polar surface area (TPSA) is 25.2 Å². The summed E-state index contributed by atoms with van der Waals surface area (Å²) < 4.78 is 5.32. The van der Waals surface area contributed by atoms with Crippen LogP contribution >= 0.6 is 0 Å². The summed E-state index contributed by atoms with van der Waals surface area (Å²) in [7, 11) is 0. The van der Waals surface area contributed by atoms with Gasteiger partial charge in [0.1, 0.15) is 5.76 Å². The molecule has 0 saturated heterocycles. The highest BCUT2D eigenvalue weighted by Crippen LogP contribution is 2.23.